The summed E-state index contributed by atoms with van der Waals surface area (Å²) in [6.45, 7) is 3.30. The van der Waals surface area contributed by atoms with Gasteiger partial charge in [0, 0.05) is 26.4 Å². The fourth-order valence-electron chi connectivity index (χ4n) is 2.69. The smallest absolute Gasteiger partial charge is 0.330 e. The van der Waals surface area contributed by atoms with Gasteiger partial charge in [0.2, 0.25) is 0 Å². The van der Waals surface area contributed by atoms with E-state index in [1.54, 1.807) is 17.9 Å². The van der Waals surface area contributed by atoms with Gasteiger partial charge in [-0.1, -0.05) is 13.0 Å². The average Bonchev–Trinajstić information content (AvgIpc) is 2.97. The molecule has 8 nitrogen and oxygen atoms in total. The van der Waals surface area contributed by atoms with Crippen LogP contribution >= 0.6 is 0 Å². The largest absolute Gasteiger partial charge is 0.383 e. The number of aromatic nitrogens is 5. The van der Waals surface area contributed by atoms with Crippen molar-refractivity contribution in [2.75, 3.05) is 13.7 Å². The van der Waals surface area contributed by atoms with E-state index in [-0.39, 0.29) is 0 Å². The molecule has 0 aliphatic heterocycles. The molecule has 0 aliphatic rings. The van der Waals surface area contributed by atoms with Crippen molar-refractivity contribution < 1.29 is 4.74 Å². The zero-order valence-corrected chi connectivity index (χ0v) is 13.7. The topological polar surface area (TPSA) is 94.8 Å². The number of hydrogen-bond acceptors (Lipinski definition) is 5. The summed E-state index contributed by atoms with van der Waals surface area (Å²) >= 11 is 0. The average molecular weight is 329 g/mol. The molecule has 0 atom stereocenters. The van der Waals surface area contributed by atoms with Gasteiger partial charge in [0.1, 0.15) is 5.69 Å². The number of imidazole rings is 1. The van der Waals surface area contributed by atoms with Crippen LogP contribution < -0.4 is 11.2 Å². The minimum Gasteiger partial charge on any atom is -0.383 e. The molecule has 0 fully saturated rings. The Morgan fingerprint density at radius 2 is 2.04 bits per heavy atom. The molecule has 0 spiro atoms. The highest BCUT2D eigenvalue weighted by molar-refractivity contribution is 5.76. The molecule has 0 amide bonds. The standard InChI is InChI=1S/C16H19N5O3/c1-3-8-21-14-12(15(22)19-16(21)23)20(9-10-24-2)13(18-14)11-6-4-5-7-17-11/h4-7H,3,8-10H2,1-2H3,(H,19,22,23). The van der Waals surface area contributed by atoms with Crippen molar-refractivity contribution in [1.29, 1.82) is 0 Å². The Balaban J connectivity index is 2.35. The van der Waals surface area contributed by atoms with Crippen molar-refractivity contribution >= 4 is 11.2 Å². The summed E-state index contributed by atoms with van der Waals surface area (Å²) in [5.41, 5.74) is 0.481. The van der Waals surface area contributed by atoms with Crippen molar-refractivity contribution in [3.05, 3.63) is 45.2 Å². The number of hydrogen-bond donors (Lipinski definition) is 1. The van der Waals surface area contributed by atoms with Crippen molar-refractivity contribution in [1.82, 2.24) is 24.1 Å². The summed E-state index contributed by atoms with van der Waals surface area (Å²) in [5.74, 6) is 0.545. The van der Waals surface area contributed by atoms with Gasteiger partial charge in [-0.3, -0.25) is 19.3 Å². The molecule has 126 valence electrons. The monoisotopic (exact) mass is 329 g/mol. The van der Waals surface area contributed by atoms with E-state index in [1.165, 1.54) is 4.57 Å². The molecular weight excluding hydrogens is 310 g/mol. The molecular formula is C16H19N5O3. The number of pyridine rings is 1. The molecule has 1 N–H and O–H groups in total. The lowest BCUT2D eigenvalue weighted by atomic mass is 10.3. The first-order valence-electron chi connectivity index (χ1n) is 7.81. The predicted molar refractivity (Wildman–Crippen MR) is 90.0 cm³/mol. The number of methoxy groups -OCH3 is 1. The fourth-order valence-corrected chi connectivity index (χ4v) is 2.69. The second-order valence-corrected chi connectivity index (χ2v) is 5.38. The van der Waals surface area contributed by atoms with E-state index in [0.29, 0.717) is 42.4 Å². The first-order valence-corrected chi connectivity index (χ1v) is 7.81. The molecule has 0 aromatic carbocycles. The summed E-state index contributed by atoms with van der Waals surface area (Å²) in [4.78, 5) is 35.8. The van der Waals surface area contributed by atoms with Crippen molar-refractivity contribution in [3.8, 4) is 11.5 Å². The van der Waals surface area contributed by atoms with Gasteiger partial charge in [-0.2, -0.15) is 0 Å². The maximum atomic E-state index is 12.4. The second-order valence-electron chi connectivity index (χ2n) is 5.38. The first-order chi connectivity index (χ1) is 11.7. The summed E-state index contributed by atoms with van der Waals surface area (Å²) < 4.78 is 8.39. The molecule has 3 aromatic rings. The van der Waals surface area contributed by atoms with Crippen LogP contribution in [-0.2, 0) is 17.8 Å². The lowest BCUT2D eigenvalue weighted by Crippen LogP contribution is -2.31. The Morgan fingerprint density at radius 3 is 2.71 bits per heavy atom. The van der Waals surface area contributed by atoms with Crippen LogP contribution in [0.15, 0.2) is 34.0 Å². The van der Waals surface area contributed by atoms with Gasteiger partial charge in [0.15, 0.2) is 17.0 Å². The Hall–Kier alpha value is -2.74. The van der Waals surface area contributed by atoms with Gasteiger partial charge >= 0.3 is 5.69 Å². The Bertz CT molecular complexity index is 955. The van der Waals surface area contributed by atoms with E-state index in [1.807, 2.05) is 25.1 Å². The van der Waals surface area contributed by atoms with Crippen LogP contribution in [0.1, 0.15) is 13.3 Å². The van der Waals surface area contributed by atoms with E-state index in [0.717, 1.165) is 6.42 Å². The quantitative estimate of drug-likeness (QED) is 0.728. The van der Waals surface area contributed by atoms with Crippen LogP contribution in [0.25, 0.3) is 22.7 Å². The molecule has 24 heavy (non-hydrogen) atoms. The summed E-state index contributed by atoms with van der Waals surface area (Å²) in [5, 5.41) is 0. The van der Waals surface area contributed by atoms with Crippen LogP contribution in [0.4, 0.5) is 0 Å². The number of nitrogens with one attached hydrogen (secondary N) is 1. The number of ether oxygens (including phenoxy) is 1. The van der Waals surface area contributed by atoms with E-state index in [2.05, 4.69) is 15.0 Å². The van der Waals surface area contributed by atoms with Gasteiger partial charge in [0.25, 0.3) is 5.56 Å². The highest BCUT2D eigenvalue weighted by Gasteiger charge is 2.19. The molecule has 0 aliphatic carbocycles. The van der Waals surface area contributed by atoms with Gasteiger partial charge in [0.05, 0.1) is 6.61 Å². The van der Waals surface area contributed by atoms with Gasteiger partial charge in [-0.15, -0.1) is 0 Å². The molecule has 3 heterocycles. The number of fused-ring (bicyclic) bond motifs is 1. The molecule has 0 radical (unpaired) electrons. The zero-order valence-electron chi connectivity index (χ0n) is 13.7. The minimum atomic E-state index is -0.451. The number of rotatable bonds is 6. The maximum Gasteiger partial charge on any atom is 0.330 e. The summed E-state index contributed by atoms with van der Waals surface area (Å²) in [6.07, 6.45) is 2.42. The highest BCUT2D eigenvalue weighted by Crippen LogP contribution is 2.20. The van der Waals surface area contributed by atoms with E-state index < -0.39 is 11.2 Å². The molecule has 0 unspecified atom stereocenters. The van der Waals surface area contributed by atoms with Crippen molar-refractivity contribution in [3.63, 3.8) is 0 Å². The number of nitrogens with zero attached hydrogens (tertiary/aromatic N) is 4. The lowest BCUT2D eigenvalue weighted by Gasteiger charge is -2.08. The van der Waals surface area contributed by atoms with Gasteiger partial charge in [-0.05, 0) is 18.6 Å². The number of aromatic amines is 1. The van der Waals surface area contributed by atoms with Crippen LogP contribution in [0.2, 0.25) is 0 Å². The van der Waals surface area contributed by atoms with E-state index in [4.69, 9.17) is 4.74 Å². The lowest BCUT2D eigenvalue weighted by molar-refractivity contribution is 0.188. The molecule has 0 saturated heterocycles. The molecule has 3 aromatic heterocycles. The zero-order chi connectivity index (χ0) is 17.1. The van der Waals surface area contributed by atoms with Crippen LogP contribution in [0.3, 0.4) is 0 Å². The maximum absolute atomic E-state index is 12.4. The SMILES string of the molecule is CCCn1c(=O)[nH]c(=O)c2c1nc(-c1ccccn1)n2CCOC. The Morgan fingerprint density at radius 1 is 1.21 bits per heavy atom. The van der Waals surface area contributed by atoms with Crippen molar-refractivity contribution in [2.24, 2.45) is 0 Å². The van der Waals surface area contributed by atoms with E-state index in [9.17, 15) is 9.59 Å². The normalized spacial score (nSPS) is 11.2. The van der Waals surface area contributed by atoms with Crippen LogP contribution in [0.5, 0.6) is 0 Å². The number of aryl methyl sites for hydroxylation is 1. The van der Waals surface area contributed by atoms with Crippen LogP contribution in [-0.4, -0.2) is 37.8 Å². The highest BCUT2D eigenvalue weighted by atomic mass is 16.5. The summed E-state index contributed by atoms with van der Waals surface area (Å²) in [7, 11) is 1.59. The minimum absolute atomic E-state index is 0.362. The Labute approximate surface area is 137 Å². The molecule has 8 heteroatoms. The molecule has 0 bridgehead atoms. The second kappa shape index (κ2) is 6.79. The number of H-pyrrole nitrogens is 1. The van der Waals surface area contributed by atoms with Gasteiger partial charge in [-0.25, -0.2) is 9.78 Å². The van der Waals surface area contributed by atoms with E-state index >= 15 is 0 Å². The third-order valence-electron chi connectivity index (χ3n) is 3.75. The summed E-state index contributed by atoms with van der Waals surface area (Å²) in [6, 6.07) is 5.48. The third-order valence-corrected chi connectivity index (χ3v) is 3.75. The van der Waals surface area contributed by atoms with Crippen LogP contribution in [0, 0.1) is 0 Å². The first kappa shape index (κ1) is 16.1. The fraction of sp³-hybridized carbons (Fsp3) is 0.375. The molecule has 0 saturated carbocycles. The van der Waals surface area contributed by atoms with Crippen molar-refractivity contribution in [2.45, 2.75) is 26.4 Å². The van der Waals surface area contributed by atoms with Gasteiger partial charge < -0.3 is 9.30 Å². The third kappa shape index (κ3) is 2.76. The predicted octanol–water partition coefficient (Wildman–Crippen LogP) is 1.00. The Kier molecular flexibility index (Phi) is 4.57. The molecule has 3 rings (SSSR count).